The molecular weight excluding hydrogens is 392 g/mol. The lowest BCUT2D eigenvalue weighted by Gasteiger charge is -2.33. The lowest BCUT2D eigenvalue weighted by molar-refractivity contribution is -0.122. The number of ether oxygens (including phenoxy) is 1. The summed E-state index contributed by atoms with van der Waals surface area (Å²) in [4.78, 5) is 30.7. The summed E-state index contributed by atoms with van der Waals surface area (Å²) in [5.41, 5.74) is 2.23. The summed E-state index contributed by atoms with van der Waals surface area (Å²) in [7, 11) is 0. The molecule has 1 aliphatic rings. The van der Waals surface area contributed by atoms with E-state index < -0.39 is 24.3 Å². The maximum atomic E-state index is 12.4. The predicted octanol–water partition coefficient (Wildman–Crippen LogP) is 4.70. The smallest absolute Gasteiger partial charge is 0.348 e. The molecule has 2 heterocycles. The summed E-state index contributed by atoms with van der Waals surface area (Å²) in [5.74, 6) is -1.33. The van der Waals surface area contributed by atoms with Gasteiger partial charge in [0.05, 0.1) is 6.07 Å². The monoisotopic (exact) mass is 416 g/mol. The molecule has 0 fully saturated rings. The normalized spacial score (nSPS) is 17.5. The third-order valence-corrected chi connectivity index (χ3v) is 7.43. The Bertz CT molecular complexity index is 930. The Kier molecular flexibility index (Phi) is 6.01. The van der Waals surface area contributed by atoms with E-state index >= 15 is 0 Å². The fraction of sp³-hybridized carbons (Fsp3) is 0.524. The number of nitriles is 1. The van der Waals surface area contributed by atoms with Gasteiger partial charge in [-0.25, -0.2) is 9.78 Å². The van der Waals surface area contributed by atoms with E-state index in [1.165, 1.54) is 33.1 Å². The maximum absolute atomic E-state index is 12.4. The van der Waals surface area contributed by atoms with Crippen molar-refractivity contribution in [2.75, 3.05) is 6.61 Å². The lowest BCUT2D eigenvalue weighted by Crippen LogP contribution is -2.26. The average Bonchev–Trinajstić information content (AvgIpc) is 3.25. The Morgan fingerprint density at radius 1 is 1.43 bits per heavy atom. The van der Waals surface area contributed by atoms with Crippen LogP contribution in [0.2, 0.25) is 0 Å². The topological polar surface area (TPSA) is 80.0 Å². The zero-order chi connectivity index (χ0) is 20.5. The van der Waals surface area contributed by atoms with Crippen LogP contribution in [-0.2, 0) is 22.4 Å². The maximum Gasteiger partial charge on any atom is 0.348 e. The number of thiophene rings is 1. The molecule has 3 rings (SSSR count). The first-order valence-corrected chi connectivity index (χ1v) is 11.0. The van der Waals surface area contributed by atoms with Gasteiger partial charge < -0.3 is 4.74 Å². The molecule has 28 heavy (non-hydrogen) atoms. The van der Waals surface area contributed by atoms with Crippen LogP contribution in [0.25, 0.3) is 0 Å². The van der Waals surface area contributed by atoms with E-state index in [9.17, 15) is 14.9 Å². The number of carbonyl (C=O) groups excluding carboxylic acids is 2. The van der Waals surface area contributed by atoms with Crippen molar-refractivity contribution < 1.29 is 14.3 Å². The molecule has 2 aromatic rings. The Morgan fingerprint density at radius 3 is 2.79 bits per heavy atom. The summed E-state index contributed by atoms with van der Waals surface area (Å²) in [6.45, 7) is 8.16. The van der Waals surface area contributed by atoms with Gasteiger partial charge in [-0.05, 0) is 49.1 Å². The van der Waals surface area contributed by atoms with Crippen LogP contribution in [0.4, 0.5) is 0 Å². The molecule has 1 aliphatic carbocycles. The number of aromatic nitrogens is 1. The summed E-state index contributed by atoms with van der Waals surface area (Å²) < 4.78 is 5.22. The number of Topliss-reactive ketones (excluding diaryl/α,β-unsaturated/α-hetero) is 1. The quantitative estimate of drug-likeness (QED) is 0.660. The van der Waals surface area contributed by atoms with Gasteiger partial charge in [0.25, 0.3) is 0 Å². The Hall–Kier alpha value is -2.04. The number of hydrogen-bond donors (Lipinski definition) is 0. The number of nitrogens with zero attached hydrogens (tertiary/aromatic N) is 2. The van der Waals surface area contributed by atoms with Gasteiger partial charge in [-0.3, -0.25) is 4.79 Å². The zero-order valence-corrected chi connectivity index (χ0v) is 18.2. The predicted molar refractivity (Wildman–Crippen MR) is 110 cm³/mol. The molecule has 5 nitrogen and oxygen atoms in total. The van der Waals surface area contributed by atoms with Gasteiger partial charge in [0, 0.05) is 16.0 Å². The van der Waals surface area contributed by atoms with Crippen molar-refractivity contribution in [1.82, 2.24) is 4.98 Å². The minimum absolute atomic E-state index is 0.243. The number of carbonyl (C=O) groups is 2. The van der Waals surface area contributed by atoms with Gasteiger partial charge in [0.15, 0.2) is 18.3 Å². The van der Waals surface area contributed by atoms with Gasteiger partial charge in [-0.1, -0.05) is 20.8 Å². The standard InChI is InChI=1S/C21H24N2O3S2/c1-12-11-27-19(23-12)15(9-22)16(24)10-26-20(25)18-8-13-7-14(21(2,3)4)5-6-17(13)28-18/h8,11,14-15H,5-7,10H2,1-4H3/t14-,15-/m1/s1. The van der Waals surface area contributed by atoms with Crippen LogP contribution in [0.3, 0.4) is 0 Å². The number of fused-ring (bicyclic) bond motifs is 1. The van der Waals surface area contributed by atoms with Gasteiger partial charge in [-0.2, -0.15) is 5.26 Å². The van der Waals surface area contributed by atoms with Crippen LogP contribution in [-0.4, -0.2) is 23.3 Å². The molecule has 0 radical (unpaired) electrons. The Morgan fingerprint density at radius 2 is 2.18 bits per heavy atom. The van der Waals surface area contributed by atoms with Gasteiger partial charge in [0.1, 0.15) is 9.88 Å². The van der Waals surface area contributed by atoms with E-state index in [0.717, 1.165) is 25.0 Å². The Labute approximate surface area is 173 Å². The van der Waals surface area contributed by atoms with Crippen molar-refractivity contribution in [3.63, 3.8) is 0 Å². The van der Waals surface area contributed by atoms with E-state index in [1.807, 2.05) is 19.1 Å². The molecule has 0 N–H and O–H groups in total. The highest BCUT2D eigenvalue weighted by atomic mass is 32.1. The largest absolute Gasteiger partial charge is 0.453 e. The molecule has 0 saturated heterocycles. The van der Waals surface area contributed by atoms with Crippen molar-refractivity contribution in [3.8, 4) is 6.07 Å². The zero-order valence-electron chi connectivity index (χ0n) is 16.6. The van der Waals surface area contributed by atoms with Gasteiger partial charge >= 0.3 is 5.97 Å². The van der Waals surface area contributed by atoms with Crippen LogP contribution < -0.4 is 0 Å². The number of thiazole rings is 1. The molecule has 0 aliphatic heterocycles. The van der Waals surface area contributed by atoms with Crippen molar-refractivity contribution >= 4 is 34.4 Å². The summed E-state index contributed by atoms with van der Waals surface area (Å²) in [5, 5.41) is 11.5. The third kappa shape index (κ3) is 4.50. The molecule has 148 valence electrons. The van der Waals surface area contributed by atoms with Crippen molar-refractivity contribution in [2.24, 2.45) is 11.3 Å². The number of ketones is 1. The molecule has 0 amide bonds. The highest BCUT2D eigenvalue weighted by Crippen LogP contribution is 2.40. The lowest BCUT2D eigenvalue weighted by atomic mass is 9.72. The molecule has 0 aromatic carbocycles. The first kappa shape index (κ1) is 20.7. The minimum atomic E-state index is -0.990. The molecule has 2 aromatic heterocycles. The Balaban J connectivity index is 1.62. The molecule has 0 unspecified atom stereocenters. The first-order chi connectivity index (χ1) is 13.2. The van der Waals surface area contributed by atoms with Crippen molar-refractivity contribution in [2.45, 2.75) is 52.9 Å². The summed E-state index contributed by atoms with van der Waals surface area (Å²) >= 11 is 2.73. The van der Waals surface area contributed by atoms with Crippen LogP contribution in [0, 0.1) is 29.6 Å². The van der Waals surface area contributed by atoms with Crippen LogP contribution in [0.15, 0.2) is 11.4 Å². The number of esters is 1. The second-order valence-electron chi connectivity index (χ2n) is 8.30. The van der Waals surface area contributed by atoms with Crippen molar-refractivity contribution in [3.05, 3.63) is 37.5 Å². The highest BCUT2D eigenvalue weighted by molar-refractivity contribution is 7.14. The van der Waals surface area contributed by atoms with E-state index in [1.54, 1.807) is 5.38 Å². The fourth-order valence-corrected chi connectivity index (χ4v) is 5.39. The summed E-state index contributed by atoms with van der Waals surface area (Å²) in [6.07, 6.45) is 3.08. The first-order valence-electron chi connectivity index (χ1n) is 9.32. The number of aryl methyl sites for hydroxylation is 2. The van der Waals surface area contributed by atoms with Gasteiger partial charge in [-0.15, -0.1) is 22.7 Å². The second kappa shape index (κ2) is 8.14. The van der Waals surface area contributed by atoms with Crippen LogP contribution in [0.1, 0.15) is 63.9 Å². The van der Waals surface area contributed by atoms with E-state index in [4.69, 9.17) is 4.74 Å². The third-order valence-electron chi connectivity index (χ3n) is 5.19. The van der Waals surface area contributed by atoms with Crippen molar-refractivity contribution in [1.29, 1.82) is 5.26 Å². The van der Waals surface area contributed by atoms with Gasteiger partial charge in [0.2, 0.25) is 0 Å². The second-order valence-corrected chi connectivity index (χ2v) is 10.3. The molecule has 7 heteroatoms. The molecule has 2 atom stereocenters. The summed E-state index contributed by atoms with van der Waals surface area (Å²) in [6, 6.07) is 3.88. The van der Waals surface area contributed by atoms with Crippen LogP contribution in [0.5, 0.6) is 0 Å². The van der Waals surface area contributed by atoms with E-state index in [0.29, 0.717) is 15.8 Å². The molecule has 0 saturated carbocycles. The number of hydrogen-bond acceptors (Lipinski definition) is 7. The van der Waals surface area contributed by atoms with Crippen LogP contribution >= 0.6 is 22.7 Å². The molecular formula is C21H24N2O3S2. The molecule has 0 bridgehead atoms. The SMILES string of the molecule is Cc1csc([C@H](C#N)C(=O)COC(=O)c2cc3c(s2)CC[C@@H](C(C)(C)C)C3)n1. The fourth-order valence-electron chi connectivity index (χ4n) is 3.42. The molecule has 0 spiro atoms. The highest BCUT2D eigenvalue weighted by Gasteiger charge is 2.31. The van der Waals surface area contributed by atoms with E-state index in [2.05, 4.69) is 25.8 Å². The minimum Gasteiger partial charge on any atom is -0.453 e. The average molecular weight is 417 g/mol. The number of rotatable bonds is 5. The van der Waals surface area contributed by atoms with E-state index in [-0.39, 0.29) is 5.41 Å².